The SMILES string of the molecule is CC1(C)O[C@H]2O[C@H](COC(=O)c3ccccc3)C(O)[C@H]2O1. The van der Waals surface area contributed by atoms with Crippen LogP contribution in [0.25, 0.3) is 0 Å². The number of ether oxygens (including phenoxy) is 4. The van der Waals surface area contributed by atoms with Gasteiger partial charge in [-0.1, -0.05) is 18.2 Å². The third-order valence-electron chi connectivity index (χ3n) is 3.50. The topological polar surface area (TPSA) is 74.2 Å². The molecule has 1 aromatic carbocycles. The van der Waals surface area contributed by atoms with Crippen LogP contribution in [0.15, 0.2) is 30.3 Å². The zero-order valence-electron chi connectivity index (χ0n) is 11.9. The molecule has 4 atom stereocenters. The Hall–Kier alpha value is -1.47. The minimum absolute atomic E-state index is 0.0466. The minimum atomic E-state index is -0.889. The fourth-order valence-corrected chi connectivity index (χ4v) is 2.51. The molecule has 1 N–H and O–H groups in total. The van der Waals surface area contributed by atoms with E-state index in [1.165, 1.54) is 0 Å². The van der Waals surface area contributed by atoms with Gasteiger partial charge in [-0.05, 0) is 26.0 Å². The van der Waals surface area contributed by atoms with E-state index in [0.717, 1.165) is 0 Å². The van der Waals surface area contributed by atoms with E-state index >= 15 is 0 Å². The Morgan fingerprint density at radius 3 is 2.67 bits per heavy atom. The molecule has 2 saturated heterocycles. The lowest BCUT2D eigenvalue weighted by atomic mass is 10.1. The Morgan fingerprint density at radius 2 is 2.00 bits per heavy atom. The summed E-state index contributed by atoms with van der Waals surface area (Å²) in [7, 11) is 0. The number of hydrogen-bond donors (Lipinski definition) is 1. The normalized spacial score (nSPS) is 33.7. The van der Waals surface area contributed by atoms with Crippen molar-refractivity contribution < 1.29 is 28.8 Å². The summed E-state index contributed by atoms with van der Waals surface area (Å²) in [4.78, 5) is 11.8. The van der Waals surface area contributed by atoms with Gasteiger partial charge in [-0.3, -0.25) is 0 Å². The Morgan fingerprint density at radius 1 is 1.29 bits per heavy atom. The van der Waals surface area contributed by atoms with Crippen LogP contribution in [0, 0.1) is 0 Å². The van der Waals surface area contributed by atoms with E-state index < -0.39 is 36.4 Å². The van der Waals surface area contributed by atoms with Gasteiger partial charge in [-0.25, -0.2) is 4.79 Å². The van der Waals surface area contributed by atoms with Gasteiger partial charge >= 0.3 is 5.97 Å². The Kier molecular flexibility index (Phi) is 3.71. The van der Waals surface area contributed by atoms with Crippen LogP contribution in [-0.2, 0) is 18.9 Å². The molecule has 2 aliphatic heterocycles. The van der Waals surface area contributed by atoms with Crippen molar-refractivity contribution in [2.45, 2.75) is 44.2 Å². The van der Waals surface area contributed by atoms with Crippen molar-refractivity contribution in [1.29, 1.82) is 0 Å². The minimum Gasteiger partial charge on any atom is -0.459 e. The van der Waals surface area contributed by atoms with Crippen LogP contribution < -0.4 is 0 Å². The molecule has 0 saturated carbocycles. The molecule has 3 rings (SSSR count). The number of benzene rings is 1. The summed E-state index contributed by atoms with van der Waals surface area (Å²) in [6.45, 7) is 3.46. The van der Waals surface area contributed by atoms with Crippen molar-refractivity contribution in [3.63, 3.8) is 0 Å². The molecule has 1 unspecified atom stereocenters. The molecule has 21 heavy (non-hydrogen) atoms. The zero-order chi connectivity index (χ0) is 15.0. The van der Waals surface area contributed by atoms with E-state index in [-0.39, 0.29) is 6.61 Å². The first-order valence-corrected chi connectivity index (χ1v) is 6.88. The zero-order valence-corrected chi connectivity index (χ0v) is 11.9. The number of aliphatic hydroxyl groups is 1. The molecule has 2 fully saturated rings. The second kappa shape index (κ2) is 5.38. The third-order valence-corrected chi connectivity index (χ3v) is 3.50. The summed E-state index contributed by atoms with van der Waals surface area (Å²) < 4.78 is 21.8. The van der Waals surface area contributed by atoms with E-state index in [2.05, 4.69) is 0 Å². The van der Waals surface area contributed by atoms with Gasteiger partial charge in [0, 0.05) is 0 Å². The molecule has 6 heteroatoms. The molecule has 2 heterocycles. The summed E-state index contributed by atoms with van der Waals surface area (Å²) in [5, 5.41) is 10.2. The quantitative estimate of drug-likeness (QED) is 0.841. The van der Waals surface area contributed by atoms with Gasteiger partial charge in [0.2, 0.25) is 0 Å². The monoisotopic (exact) mass is 294 g/mol. The van der Waals surface area contributed by atoms with E-state index in [4.69, 9.17) is 18.9 Å². The van der Waals surface area contributed by atoms with Gasteiger partial charge in [-0.15, -0.1) is 0 Å². The van der Waals surface area contributed by atoms with Crippen LogP contribution in [0.1, 0.15) is 24.2 Å². The molecule has 0 aliphatic carbocycles. The van der Waals surface area contributed by atoms with Crippen molar-refractivity contribution in [1.82, 2.24) is 0 Å². The van der Waals surface area contributed by atoms with Gasteiger partial charge in [0.1, 0.15) is 24.9 Å². The number of aliphatic hydroxyl groups excluding tert-OH is 1. The predicted molar refractivity (Wildman–Crippen MR) is 71.4 cm³/mol. The van der Waals surface area contributed by atoms with E-state index in [1.54, 1.807) is 38.1 Å². The molecule has 1 aromatic rings. The molecule has 2 aliphatic rings. The fourth-order valence-electron chi connectivity index (χ4n) is 2.51. The van der Waals surface area contributed by atoms with Crippen LogP contribution in [0.2, 0.25) is 0 Å². The van der Waals surface area contributed by atoms with Gasteiger partial charge in [0.25, 0.3) is 0 Å². The van der Waals surface area contributed by atoms with Crippen molar-refractivity contribution in [2.24, 2.45) is 0 Å². The predicted octanol–water partition coefficient (Wildman–Crippen LogP) is 1.08. The number of carbonyl (C=O) groups is 1. The van der Waals surface area contributed by atoms with Gasteiger partial charge in [0.05, 0.1) is 5.56 Å². The Bertz CT molecular complexity index is 514. The maximum absolute atomic E-state index is 11.8. The van der Waals surface area contributed by atoms with Crippen molar-refractivity contribution in [3.8, 4) is 0 Å². The highest BCUT2D eigenvalue weighted by Gasteiger charge is 2.54. The molecule has 0 spiro atoms. The molecule has 0 aromatic heterocycles. The van der Waals surface area contributed by atoms with E-state index in [0.29, 0.717) is 5.56 Å². The van der Waals surface area contributed by atoms with E-state index in [9.17, 15) is 9.90 Å². The Balaban J connectivity index is 1.55. The molecular formula is C15H18O6. The molecule has 0 radical (unpaired) electrons. The van der Waals surface area contributed by atoms with E-state index in [1.807, 2.05) is 6.07 Å². The first-order chi connectivity index (χ1) is 9.96. The number of esters is 1. The maximum atomic E-state index is 11.8. The van der Waals surface area contributed by atoms with Gasteiger partial charge in [-0.2, -0.15) is 0 Å². The summed E-state index contributed by atoms with van der Waals surface area (Å²) in [5.41, 5.74) is 0.457. The maximum Gasteiger partial charge on any atom is 0.338 e. The summed E-state index contributed by atoms with van der Waals surface area (Å²) in [5.74, 6) is -1.23. The molecule has 0 amide bonds. The summed E-state index contributed by atoms with van der Waals surface area (Å²) in [6.07, 6.45) is -2.72. The van der Waals surface area contributed by atoms with Crippen LogP contribution in [0.3, 0.4) is 0 Å². The summed E-state index contributed by atoms with van der Waals surface area (Å²) in [6, 6.07) is 8.66. The first kappa shape index (κ1) is 14.5. The van der Waals surface area contributed by atoms with Crippen LogP contribution in [0.4, 0.5) is 0 Å². The Labute approximate surface area is 122 Å². The van der Waals surface area contributed by atoms with Crippen molar-refractivity contribution in [3.05, 3.63) is 35.9 Å². The lowest BCUT2D eigenvalue weighted by Gasteiger charge is -2.22. The highest BCUT2D eigenvalue weighted by atomic mass is 16.8. The standard InChI is InChI=1S/C15H18O6/c1-15(2)20-12-11(16)10(19-14(12)21-15)8-18-13(17)9-6-4-3-5-7-9/h3-7,10-12,14,16H,8H2,1-2H3/t10-,11?,12-,14-/m1/s1. The second-order valence-electron chi connectivity index (χ2n) is 5.60. The van der Waals surface area contributed by atoms with Crippen LogP contribution >= 0.6 is 0 Å². The molecule has 0 bridgehead atoms. The number of fused-ring (bicyclic) bond motifs is 1. The third kappa shape index (κ3) is 2.94. The average Bonchev–Trinajstić information content (AvgIpc) is 2.91. The number of carbonyl (C=O) groups excluding carboxylic acids is 1. The highest BCUT2D eigenvalue weighted by Crippen LogP contribution is 2.37. The van der Waals surface area contributed by atoms with Gasteiger partial charge < -0.3 is 24.1 Å². The summed E-state index contributed by atoms with van der Waals surface area (Å²) >= 11 is 0. The lowest BCUT2D eigenvalue weighted by Crippen LogP contribution is -2.37. The molecule has 6 nitrogen and oxygen atoms in total. The van der Waals surface area contributed by atoms with Gasteiger partial charge in [0.15, 0.2) is 12.1 Å². The van der Waals surface area contributed by atoms with Crippen molar-refractivity contribution in [2.75, 3.05) is 6.61 Å². The lowest BCUT2D eigenvalue weighted by molar-refractivity contribution is -0.218. The fraction of sp³-hybridized carbons (Fsp3) is 0.533. The smallest absolute Gasteiger partial charge is 0.338 e. The average molecular weight is 294 g/mol. The highest BCUT2D eigenvalue weighted by molar-refractivity contribution is 5.89. The largest absolute Gasteiger partial charge is 0.459 e. The molecular weight excluding hydrogens is 276 g/mol. The number of rotatable bonds is 3. The molecule has 114 valence electrons. The van der Waals surface area contributed by atoms with Crippen LogP contribution in [-0.4, -0.2) is 48.1 Å². The first-order valence-electron chi connectivity index (χ1n) is 6.88. The van der Waals surface area contributed by atoms with Crippen LogP contribution in [0.5, 0.6) is 0 Å². The second-order valence-corrected chi connectivity index (χ2v) is 5.60. The van der Waals surface area contributed by atoms with Crippen molar-refractivity contribution >= 4 is 5.97 Å². The number of hydrogen-bond acceptors (Lipinski definition) is 6.